The lowest BCUT2D eigenvalue weighted by Gasteiger charge is -2.46. The molecule has 1 aromatic carbocycles. The van der Waals surface area contributed by atoms with Crippen LogP contribution in [0.3, 0.4) is 0 Å². The van der Waals surface area contributed by atoms with E-state index in [1.807, 2.05) is 32.2 Å². The van der Waals surface area contributed by atoms with Crippen LogP contribution in [0.1, 0.15) is 76.8 Å². The zero-order valence-corrected chi connectivity index (χ0v) is 45.9. The van der Waals surface area contributed by atoms with Crippen LogP contribution >= 0.6 is 65.3 Å². The number of nitrogens with one attached hydrogen (secondary N) is 2. The van der Waals surface area contributed by atoms with Gasteiger partial charge in [0, 0.05) is 92.8 Å². The van der Waals surface area contributed by atoms with Gasteiger partial charge in [-0.15, -0.1) is 11.3 Å². The second-order valence-corrected chi connectivity index (χ2v) is 19.5. The number of amides is 5. The Morgan fingerprint density at radius 2 is 1.81 bits per heavy atom. The Kier molecular flexibility index (Phi) is 21.2. The van der Waals surface area contributed by atoms with Crippen molar-refractivity contribution in [2.45, 2.75) is 104 Å². The summed E-state index contributed by atoms with van der Waals surface area (Å²) in [7, 11) is 4.93. The molecular formula is C48H71N9O7S5. The summed E-state index contributed by atoms with van der Waals surface area (Å²) in [6.45, 7) is 17.3. The largest absolute Gasteiger partial charge is 0.464 e. The molecule has 6 bridgehead atoms. The lowest BCUT2D eigenvalue weighted by atomic mass is 9.84. The first-order valence-corrected chi connectivity index (χ1v) is 23.4. The number of fused-ring (bicyclic) bond motifs is 6. The molecule has 0 saturated carbocycles. The predicted molar refractivity (Wildman–Crippen MR) is 291 cm³/mol. The number of cyclic esters (lactones) is 1. The molecule has 21 heteroatoms. The standard InChI is InChI=1S/C48H63N9O7S.4H2S/c1-11-40(58)53(8)31-24-55(25-31)47(62)54(9)42(28(3)4)44(59)51-36-22-39-50-37(26-65-39)30-17-18-38-33(21-30)34(43(56(38)12-2)32-15-13-19-49-41(32)29(5)63-10)23-48(6,7)27-64-46(61)35-16-14-20-57(52-35)45(36)60;;;;/h11,13,15,17-19,21,26,28-29,31,35-36,42,52H,1,12,14,16,20,22-25,27H2,2-10H3,(H,51,59);4*1H2/t29-,35-,36-,42-;;;;/m0..../s1. The third-order valence-electron chi connectivity index (χ3n) is 13.0. The number of hydrogen-bond donors (Lipinski definition) is 2. The maximum Gasteiger partial charge on any atom is 0.324 e. The number of ether oxygens (including phenoxy) is 2. The van der Waals surface area contributed by atoms with Gasteiger partial charge >= 0.3 is 12.0 Å². The van der Waals surface area contributed by atoms with Crippen LogP contribution in [-0.4, -0.2) is 136 Å². The van der Waals surface area contributed by atoms with Crippen LogP contribution in [0.5, 0.6) is 0 Å². The summed E-state index contributed by atoms with van der Waals surface area (Å²) in [6.07, 6.45) is 4.42. The van der Waals surface area contributed by atoms with E-state index in [4.69, 9.17) is 19.4 Å². The zero-order chi connectivity index (χ0) is 46.9. The first kappa shape index (κ1) is 59.1. The number of aromatic nitrogens is 3. The van der Waals surface area contributed by atoms with Crippen LogP contribution < -0.4 is 10.7 Å². The van der Waals surface area contributed by atoms with Crippen molar-refractivity contribution in [3.63, 3.8) is 0 Å². The van der Waals surface area contributed by atoms with E-state index >= 15 is 0 Å². The van der Waals surface area contributed by atoms with Crippen LogP contribution in [0, 0.1) is 11.3 Å². The number of likely N-dealkylation sites (tertiary alicyclic amines) is 1. The number of rotatable bonds is 10. The van der Waals surface area contributed by atoms with Gasteiger partial charge in [0.2, 0.25) is 11.8 Å². The van der Waals surface area contributed by atoms with Gasteiger partial charge in [-0.2, -0.15) is 54.0 Å². The summed E-state index contributed by atoms with van der Waals surface area (Å²) in [5.74, 6) is -1.93. The Bertz CT molecular complexity index is 2480. The average molecular weight is 1050 g/mol. The van der Waals surface area contributed by atoms with Gasteiger partial charge < -0.3 is 34.1 Å². The van der Waals surface area contributed by atoms with E-state index in [0.29, 0.717) is 50.4 Å². The summed E-state index contributed by atoms with van der Waals surface area (Å²) < 4.78 is 14.2. The molecule has 380 valence electrons. The summed E-state index contributed by atoms with van der Waals surface area (Å²) >= 11 is 1.40. The normalized spacial score (nSPS) is 18.9. The van der Waals surface area contributed by atoms with Crippen molar-refractivity contribution in [2.24, 2.45) is 11.3 Å². The number of carbonyl (C=O) groups is 5. The van der Waals surface area contributed by atoms with Gasteiger partial charge in [-0.25, -0.2) is 15.2 Å². The molecule has 2 N–H and O–H groups in total. The summed E-state index contributed by atoms with van der Waals surface area (Å²) in [5.41, 5.74) is 9.24. The van der Waals surface area contributed by atoms with Gasteiger partial charge in [-0.1, -0.05) is 40.3 Å². The minimum Gasteiger partial charge on any atom is -0.464 e. The van der Waals surface area contributed by atoms with E-state index in [1.165, 1.54) is 27.3 Å². The molecule has 5 amide bonds. The van der Waals surface area contributed by atoms with Crippen LogP contribution in [0.2, 0.25) is 0 Å². The lowest BCUT2D eigenvalue weighted by molar-refractivity contribution is -0.155. The molecule has 2 fully saturated rings. The maximum absolute atomic E-state index is 14.6. The van der Waals surface area contributed by atoms with Gasteiger partial charge in [-0.3, -0.25) is 29.2 Å². The number of likely N-dealkylation sites (N-methyl/N-ethyl adjacent to an activating group) is 2. The molecule has 7 rings (SSSR count). The SMILES string of the molecule is C=CC(=O)N(C)C1CN(C(=O)N(C)[C@H](C(=O)N[C@H]2Cc3nc(cs3)-c3ccc4c(c3)c(c(-c3cccnc3[C@H](C)OC)n4CC)CC(C)(C)COC(=O)[C@@H]3CCCN(N3)C2=O)C(C)C)C1.S.S.S.S. The van der Waals surface area contributed by atoms with Crippen molar-refractivity contribution in [3.8, 4) is 22.5 Å². The first-order valence-electron chi connectivity index (χ1n) is 22.5. The fourth-order valence-corrected chi connectivity index (χ4v) is 10.1. The van der Waals surface area contributed by atoms with Crippen LogP contribution in [0.4, 0.5) is 4.79 Å². The van der Waals surface area contributed by atoms with Crippen molar-refractivity contribution in [3.05, 3.63) is 70.8 Å². The minimum atomic E-state index is -1.09. The lowest BCUT2D eigenvalue weighted by Crippen LogP contribution is -2.66. The number of esters is 1. The molecule has 0 radical (unpaired) electrons. The minimum absolute atomic E-state index is 0. The van der Waals surface area contributed by atoms with Crippen molar-refractivity contribution >= 4 is 106 Å². The number of urea groups is 1. The molecule has 69 heavy (non-hydrogen) atoms. The smallest absolute Gasteiger partial charge is 0.324 e. The van der Waals surface area contributed by atoms with E-state index in [1.54, 1.807) is 37.2 Å². The topological polar surface area (TPSA) is 172 Å². The number of benzene rings is 1. The third kappa shape index (κ3) is 12.4. The third-order valence-corrected chi connectivity index (χ3v) is 13.8. The van der Waals surface area contributed by atoms with Crippen molar-refractivity contribution < 1.29 is 33.4 Å². The Hall–Kier alpha value is -4.25. The second-order valence-electron chi connectivity index (χ2n) is 18.6. The summed E-state index contributed by atoms with van der Waals surface area (Å²) in [4.78, 5) is 83.2. The molecule has 0 aliphatic carbocycles. The molecule has 16 nitrogen and oxygen atoms in total. The van der Waals surface area contributed by atoms with Gasteiger partial charge in [-0.05, 0) is 74.9 Å². The highest BCUT2D eigenvalue weighted by Gasteiger charge is 2.42. The average Bonchev–Trinajstić information content (AvgIpc) is 3.87. The fraction of sp³-hybridized carbons (Fsp3) is 0.521. The predicted octanol–water partition coefficient (Wildman–Crippen LogP) is 6.06. The quantitative estimate of drug-likeness (QED) is 0.141. The molecular weight excluding hydrogens is 975 g/mol. The van der Waals surface area contributed by atoms with Gasteiger partial charge in [0.25, 0.3) is 5.91 Å². The molecule has 0 unspecified atom stereocenters. The fourth-order valence-electron chi connectivity index (χ4n) is 9.27. The number of pyridine rings is 1. The monoisotopic (exact) mass is 1050 g/mol. The molecule has 4 aromatic rings. The van der Waals surface area contributed by atoms with Crippen LogP contribution in [0.25, 0.3) is 33.4 Å². The van der Waals surface area contributed by atoms with E-state index in [2.05, 4.69) is 66.9 Å². The summed E-state index contributed by atoms with van der Waals surface area (Å²) in [6, 6.07) is 7.07. The highest BCUT2D eigenvalue weighted by atomic mass is 32.1. The van der Waals surface area contributed by atoms with E-state index in [9.17, 15) is 24.0 Å². The van der Waals surface area contributed by atoms with E-state index < -0.39 is 41.3 Å². The van der Waals surface area contributed by atoms with Crippen molar-refractivity contribution in [1.29, 1.82) is 0 Å². The van der Waals surface area contributed by atoms with E-state index in [0.717, 1.165) is 44.7 Å². The Morgan fingerprint density at radius 3 is 2.46 bits per heavy atom. The number of hydrazine groups is 1. The molecule has 2 saturated heterocycles. The van der Waals surface area contributed by atoms with Crippen LogP contribution in [0.15, 0.2) is 54.6 Å². The second kappa shape index (κ2) is 24.7. The first-order chi connectivity index (χ1) is 31.0. The van der Waals surface area contributed by atoms with Crippen LogP contribution in [-0.2, 0) is 48.0 Å². The van der Waals surface area contributed by atoms with Gasteiger partial charge in [0.15, 0.2) is 0 Å². The Labute approximate surface area is 438 Å². The Morgan fingerprint density at radius 1 is 1.10 bits per heavy atom. The number of aryl methyl sites for hydroxylation is 1. The zero-order valence-electron chi connectivity index (χ0n) is 41.1. The number of thiazole rings is 1. The number of carbonyl (C=O) groups excluding carboxylic acids is 5. The highest BCUT2D eigenvalue weighted by molar-refractivity contribution is 7.59. The number of methoxy groups -OCH3 is 1. The highest BCUT2D eigenvalue weighted by Crippen LogP contribution is 2.42. The molecule has 3 aliphatic rings. The van der Waals surface area contributed by atoms with Crippen molar-refractivity contribution in [1.82, 2.24) is 45.0 Å². The van der Waals surface area contributed by atoms with Crippen molar-refractivity contribution in [2.75, 3.05) is 47.4 Å². The van der Waals surface area contributed by atoms with Gasteiger partial charge in [0.05, 0.1) is 40.8 Å². The Balaban J connectivity index is 0.00000315. The number of hydrogen-bond acceptors (Lipinski definition) is 11. The summed E-state index contributed by atoms with van der Waals surface area (Å²) in [5, 5.41) is 8.07. The number of nitrogens with zero attached hydrogens (tertiary/aromatic N) is 7. The maximum atomic E-state index is 14.6. The molecule has 6 heterocycles. The molecule has 0 spiro atoms. The molecule has 3 aliphatic heterocycles. The molecule has 4 atom stereocenters. The van der Waals surface area contributed by atoms with E-state index in [-0.39, 0.29) is 97.0 Å². The van der Waals surface area contributed by atoms with Gasteiger partial charge in [0.1, 0.15) is 18.1 Å². The molecule has 3 aromatic heterocycles.